The van der Waals surface area contributed by atoms with Gasteiger partial charge in [0.25, 0.3) is 5.91 Å². The van der Waals surface area contributed by atoms with Crippen molar-refractivity contribution >= 4 is 23.2 Å². The van der Waals surface area contributed by atoms with Crippen molar-refractivity contribution in [1.82, 2.24) is 4.98 Å². The van der Waals surface area contributed by atoms with Gasteiger partial charge in [-0.3, -0.25) is 4.79 Å². The monoisotopic (exact) mass is 398 g/mol. The zero-order chi connectivity index (χ0) is 20.2. The van der Waals surface area contributed by atoms with Crippen LogP contribution in [0.5, 0.6) is 11.5 Å². The molecule has 1 aliphatic rings. The van der Waals surface area contributed by atoms with Crippen LogP contribution in [-0.2, 0) is 0 Å². The summed E-state index contributed by atoms with van der Waals surface area (Å²) in [5.41, 5.74) is 10.2. The van der Waals surface area contributed by atoms with Crippen LogP contribution in [0.4, 0.5) is 0 Å². The number of terminal acetylenes is 1. The van der Waals surface area contributed by atoms with Gasteiger partial charge in [0.15, 0.2) is 0 Å². The van der Waals surface area contributed by atoms with Gasteiger partial charge in [0, 0.05) is 22.4 Å². The molecule has 0 fully saturated rings. The topological polar surface area (TPSA) is 65.2 Å². The molecule has 5 heteroatoms. The maximum atomic E-state index is 11.3. The summed E-state index contributed by atoms with van der Waals surface area (Å²) < 4.78 is 6.16. The van der Waals surface area contributed by atoms with Crippen molar-refractivity contribution in [3.63, 3.8) is 0 Å². The zero-order valence-electron chi connectivity index (χ0n) is 15.6. The highest BCUT2D eigenvalue weighted by Crippen LogP contribution is 2.38. The average Bonchev–Trinajstić information content (AvgIpc) is 3.29. The Hall–Kier alpha value is -3.49. The van der Waals surface area contributed by atoms with Gasteiger partial charge in [-0.05, 0) is 72.0 Å². The van der Waals surface area contributed by atoms with E-state index in [1.165, 1.54) is 5.57 Å². The number of ether oxygens (including phenoxy) is 1. The largest absolute Gasteiger partial charge is 0.457 e. The summed E-state index contributed by atoms with van der Waals surface area (Å²) in [6, 6.07) is 18.6. The van der Waals surface area contributed by atoms with Gasteiger partial charge in [-0.1, -0.05) is 12.0 Å². The molecule has 0 atom stereocenters. The van der Waals surface area contributed by atoms with Crippen molar-refractivity contribution in [1.29, 1.82) is 0 Å². The third-order valence-electron chi connectivity index (χ3n) is 4.59. The van der Waals surface area contributed by atoms with Crippen LogP contribution in [0.25, 0.3) is 16.8 Å². The van der Waals surface area contributed by atoms with Gasteiger partial charge in [0.1, 0.15) is 17.2 Å². The Bertz CT molecular complexity index is 1140. The van der Waals surface area contributed by atoms with Crippen LogP contribution in [0.15, 0.2) is 66.1 Å². The molecule has 0 unspecified atom stereocenters. The molecule has 2 aromatic carbocycles. The summed E-state index contributed by atoms with van der Waals surface area (Å²) in [5.74, 6) is 4.70. The molecule has 1 amide bonds. The molecule has 0 aliphatic carbocycles. The minimum Gasteiger partial charge on any atom is -0.457 e. The molecule has 0 bridgehead atoms. The number of pyridine rings is 1. The number of nitrogens with two attached hydrogens (primary N) is 1. The maximum absolute atomic E-state index is 11.3. The second-order valence-corrected chi connectivity index (χ2v) is 7.50. The van der Waals surface area contributed by atoms with Gasteiger partial charge < -0.3 is 10.5 Å². The first kappa shape index (κ1) is 18.9. The fourth-order valence-corrected chi connectivity index (χ4v) is 4.00. The SMILES string of the molecule is C#Cc1ccc(Oc2ccc(-c3cccc(C(N)=O)n3)cc2)c(C2=CSCC2)c1. The van der Waals surface area contributed by atoms with Crippen LogP contribution in [0.1, 0.15) is 28.0 Å². The maximum Gasteiger partial charge on any atom is 0.267 e. The Morgan fingerprint density at radius 2 is 1.97 bits per heavy atom. The first-order chi connectivity index (χ1) is 14.1. The molecule has 0 radical (unpaired) electrons. The van der Waals surface area contributed by atoms with E-state index in [9.17, 15) is 4.79 Å². The van der Waals surface area contributed by atoms with Crippen molar-refractivity contribution in [2.75, 3.05) is 5.75 Å². The van der Waals surface area contributed by atoms with Crippen molar-refractivity contribution in [3.05, 3.63) is 82.9 Å². The lowest BCUT2D eigenvalue weighted by atomic mass is 10.0. The van der Waals surface area contributed by atoms with E-state index in [2.05, 4.69) is 16.3 Å². The molecule has 4 nitrogen and oxygen atoms in total. The summed E-state index contributed by atoms with van der Waals surface area (Å²) in [4.78, 5) is 15.6. The average molecular weight is 398 g/mol. The predicted octanol–water partition coefficient (Wildman–Crippen LogP) is 5.10. The lowest BCUT2D eigenvalue weighted by molar-refractivity contribution is 0.0995. The molecule has 4 rings (SSSR count). The van der Waals surface area contributed by atoms with E-state index in [4.69, 9.17) is 16.9 Å². The van der Waals surface area contributed by atoms with E-state index in [1.807, 2.05) is 48.5 Å². The Labute approximate surface area is 173 Å². The molecule has 2 N–H and O–H groups in total. The summed E-state index contributed by atoms with van der Waals surface area (Å²) in [6.45, 7) is 0. The first-order valence-electron chi connectivity index (χ1n) is 9.11. The van der Waals surface area contributed by atoms with Gasteiger partial charge in [0.2, 0.25) is 0 Å². The number of thioether (sulfide) groups is 1. The van der Waals surface area contributed by atoms with Gasteiger partial charge in [-0.2, -0.15) is 0 Å². The normalized spacial score (nSPS) is 12.9. The van der Waals surface area contributed by atoms with Crippen LogP contribution >= 0.6 is 11.8 Å². The minimum atomic E-state index is -0.547. The number of rotatable bonds is 5. The number of hydrogen-bond donors (Lipinski definition) is 1. The van der Waals surface area contributed by atoms with E-state index < -0.39 is 5.91 Å². The number of aromatic nitrogens is 1. The molecular formula is C24H18N2O2S. The molecule has 0 spiro atoms. The fourth-order valence-electron chi connectivity index (χ4n) is 3.10. The minimum absolute atomic E-state index is 0.240. The van der Waals surface area contributed by atoms with Crippen LogP contribution in [-0.4, -0.2) is 16.6 Å². The van der Waals surface area contributed by atoms with Crippen molar-refractivity contribution < 1.29 is 9.53 Å². The summed E-state index contributed by atoms with van der Waals surface area (Å²) in [5, 5.41) is 2.17. The summed E-state index contributed by atoms with van der Waals surface area (Å²) in [7, 11) is 0. The summed E-state index contributed by atoms with van der Waals surface area (Å²) in [6.07, 6.45) is 6.57. The van der Waals surface area contributed by atoms with Crippen molar-refractivity contribution in [2.24, 2.45) is 5.73 Å². The second-order valence-electron chi connectivity index (χ2n) is 6.52. The third-order valence-corrected chi connectivity index (χ3v) is 5.48. The number of primary amides is 1. The number of hydrogen-bond acceptors (Lipinski definition) is 4. The highest BCUT2D eigenvalue weighted by Gasteiger charge is 2.14. The Balaban J connectivity index is 1.61. The van der Waals surface area contributed by atoms with E-state index in [-0.39, 0.29) is 5.69 Å². The molecule has 142 valence electrons. The predicted molar refractivity (Wildman–Crippen MR) is 118 cm³/mol. The smallest absolute Gasteiger partial charge is 0.267 e. The van der Waals surface area contributed by atoms with Gasteiger partial charge in [0.05, 0.1) is 5.69 Å². The van der Waals surface area contributed by atoms with E-state index in [0.717, 1.165) is 34.6 Å². The zero-order valence-corrected chi connectivity index (χ0v) is 16.4. The molecular weight excluding hydrogens is 380 g/mol. The number of benzene rings is 2. The molecule has 2 heterocycles. The van der Waals surface area contributed by atoms with Gasteiger partial charge >= 0.3 is 0 Å². The van der Waals surface area contributed by atoms with Gasteiger partial charge in [-0.25, -0.2) is 4.98 Å². The third kappa shape index (κ3) is 4.18. The first-order valence-corrected chi connectivity index (χ1v) is 10.2. The second kappa shape index (κ2) is 8.26. The number of amides is 1. The molecule has 0 saturated heterocycles. The number of nitrogens with zero attached hydrogens (tertiary/aromatic N) is 1. The molecule has 1 aromatic heterocycles. The Morgan fingerprint density at radius 3 is 2.66 bits per heavy atom. The highest BCUT2D eigenvalue weighted by atomic mass is 32.2. The van der Waals surface area contributed by atoms with Crippen molar-refractivity contribution in [3.8, 4) is 35.1 Å². The number of carbonyl (C=O) groups is 1. The lowest BCUT2D eigenvalue weighted by Crippen LogP contribution is -2.12. The molecule has 3 aromatic rings. The van der Waals surface area contributed by atoms with Gasteiger partial charge in [-0.15, -0.1) is 18.2 Å². The van der Waals surface area contributed by atoms with Crippen LogP contribution < -0.4 is 10.5 Å². The van der Waals surface area contributed by atoms with E-state index in [1.54, 1.807) is 23.9 Å². The van der Waals surface area contributed by atoms with E-state index >= 15 is 0 Å². The molecule has 0 saturated carbocycles. The Kier molecular flexibility index (Phi) is 5.37. The number of carbonyl (C=O) groups excluding carboxylic acids is 1. The lowest BCUT2D eigenvalue weighted by Gasteiger charge is -2.13. The van der Waals surface area contributed by atoms with Crippen LogP contribution in [0, 0.1) is 12.3 Å². The molecule has 1 aliphatic heterocycles. The van der Waals surface area contributed by atoms with Crippen molar-refractivity contribution in [2.45, 2.75) is 6.42 Å². The quantitative estimate of drug-likeness (QED) is 0.608. The van der Waals surface area contributed by atoms with E-state index in [0.29, 0.717) is 11.4 Å². The highest BCUT2D eigenvalue weighted by molar-refractivity contribution is 8.02. The fraction of sp³-hybridized carbons (Fsp3) is 0.0833. The van der Waals surface area contributed by atoms with Crippen LogP contribution in [0.2, 0.25) is 0 Å². The standard InChI is InChI=1S/C24H18N2O2S/c1-2-16-6-11-23(20(14-16)18-12-13-29-15-18)28-19-9-7-17(8-10-19)21-4-3-5-22(26-21)24(25)27/h1,3-11,14-15H,12-13H2,(H2,25,27). The molecule has 29 heavy (non-hydrogen) atoms. The Morgan fingerprint density at radius 1 is 1.14 bits per heavy atom. The summed E-state index contributed by atoms with van der Waals surface area (Å²) >= 11 is 1.80. The number of allylic oxidation sites excluding steroid dienone is 1. The van der Waals surface area contributed by atoms with Crippen LogP contribution in [0.3, 0.4) is 0 Å².